The molecule has 0 aromatic heterocycles. The highest BCUT2D eigenvalue weighted by molar-refractivity contribution is 5.43. The molecule has 1 aromatic rings. The second kappa shape index (κ2) is 7.39. The van der Waals surface area contributed by atoms with E-state index in [-0.39, 0.29) is 0 Å². The number of nitrogens with one attached hydrogen (secondary N) is 1. The first-order valence-electron chi connectivity index (χ1n) is 6.94. The van der Waals surface area contributed by atoms with Crippen molar-refractivity contribution in [1.82, 2.24) is 5.32 Å². The summed E-state index contributed by atoms with van der Waals surface area (Å²) < 4.78 is 10.6. The van der Waals surface area contributed by atoms with E-state index >= 15 is 0 Å². The minimum atomic E-state index is 0.440. The quantitative estimate of drug-likeness (QED) is 0.821. The van der Waals surface area contributed by atoms with E-state index in [2.05, 4.69) is 45.1 Å². The lowest BCUT2D eigenvalue weighted by Crippen LogP contribution is -2.38. The molecule has 108 valence electrons. The Morgan fingerprint density at radius 2 is 1.63 bits per heavy atom. The van der Waals surface area contributed by atoms with Gasteiger partial charge in [-0.05, 0) is 43.9 Å². The largest absolute Gasteiger partial charge is 0.493 e. The lowest BCUT2D eigenvalue weighted by atomic mass is 10.0. The molecule has 2 unspecified atom stereocenters. The van der Waals surface area contributed by atoms with Gasteiger partial charge in [0.2, 0.25) is 0 Å². The molecule has 1 rings (SSSR count). The molecule has 1 aromatic carbocycles. The number of benzene rings is 1. The highest BCUT2D eigenvalue weighted by Gasteiger charge is 2.12. The fourth-order valence-corrected chi connectivity index (χ4v) is 2.06. The number of ether oxygens (including phenoxy) is 2. The predicted octanol–water partition coefficient (Wildman–Crippen LogP) is 3.27. The van der Waals surface area contributed by atoms with Crippen LogP contribution in [0.5, 0.6) is 11.5 Å². The lowest BCUT2D eigenvalue weighted by molar-refractivity contribution is 0.353. The Balaban J connectivity index is 2.66. The summed E-state index contributed by atoms with van der Waals surface area (Å²) in [5, 5.41) is 3.62. The highest BCUT2D eigenvalue weighted by atomic mass is 16.5. The average Bonchev–Trinajstić information content (AvgIpc) is 2.38. The molecule has 0 aliphatic rings. The van der Waals surface area contributed by atoms with E-state index in [9.17, 15) is 0 Å². The maximum Gasteiger partial charge on any atom is 0.160 e. The smallest absolute Gasteiger partial charge is 0.160 e. The topological polar surface area (TPSA) is 30.5 Å². The van der Waals surface area contributed by atoms with Crippen LogP contribution < -0.4 is 14.8 Å². The molecular weight excluding hydrogens is 238 g/mol. The molecule has 0 heterocycles. The molecule has 0 amide bonds. The Morgan fingerprint density at radius 3 is 2.16 bits per heavy atom. The van der Waals surface area contributed by atoms with Gasteiger partial charge in [-0.3, -0.25) is 0 Å². The monoisotopic (exact) mass is 265 g/mol. The van der Waals surface area contributed by atoms with Crippen molar-refractivity contribution in [2.24, 2.45) is 5.92 Å². The van der Waals surface area contributed by atoms with Crippen LogP contribution in [0.4, 0.5) is 0 Å². The zero-order valence-corrected chi connectivity index (χ0v) is 13.0. The van der Waals surface area contributed by atoms with Gasteiger partial charge in [0.25, 0.3) is 0 Å². The fourth-order valence-electron chi connectivity index (χ4n) is 2.06. The molecule has 0 saturated heterocycles. The molecule has 3 heteroatoms. The number of methoxy groups -OCH3 is 2. The molecule has 3 nitrogen and oxygen atoms in total. The summed E-state index contributed by atoms with van der Waals surface area (Å²) >= 11 is 0. The second-order valence-corrected chi connectivity index (χ2v) is 5.49. The summed E-state index contributed by atoms with van der Waals surface area (Å²) in [5.41, 5.74) is 1.26. The maximum atomic E-state index is 5.33. The summed E-state index contributed by atoms with van der Waals surface area (Å²) in [6.07, 6.45) is 0.984. The van der Waals surface area contributed by atoms with Crippen molar-refractivity contribution in [2.45, 2.75) is 46.2 Å². The van der Waals surface area contributed by atoms with Crippen molar-refractivity contribution < 1.29 is 9.47 Å². The standard InChI is InChI=1S/C16H27NO2/c1-11(2)13(4)17-12(3)9-14-7-8-15(18-5)16(10-14)19-6/h7-8,10-13,17H,9H2,1-6H3. The number of hydrogen-bond acceptors (Lipinski definition) is 3. The second-order valence-electron chi connectivity index (χ2n) is 5.49. The fraction of sp³-hybridized carbons (Fsp3) is 0.625. The molecule has 0 radical (unpaired) electrons. The average molecular weight is 265 g/mol. The summed E-state index contributed by atoms with van der Waals surface area (Å²) in [4.78, 5) is 0. The normalized spacial score (nSPS) is 14.3. The third-order valence-electron chi connectivity index (χ3n) is 3.54. The van der Waals surface area contributed by atoms with Gasteiger partial charge in [-0.1, -0.05) is 19.9 Å². The van der Waals surface area contributed by atoms with Crippen LogP contribution in [0.2, 0.25) is 0 Å². The van der Waals surface area contributed by atoms with Gasteiger partial charge in [0, 0.05) is 12.1 Å². The molecular formula is C16H27NO2. The van der Waals surface area contributed by atoms with Gasteiger partial charge >= 0.3 is 0 Å². The van der Waals surface area contributed by atoms with Crippen LogP contribution in [-0.2, 0) is 6.42 Å². The van der Waals surface area contributed by atoms with E-state index in [4.69, 9.17) is 9.47 Å². The van der Waals surface area contributed by atoms with Crippen LogP contribution in [-0.4, -0.2) is 26.3 Å². The lowest BCUT2D eigenvalue weighted by Gasteiger charge is -2.23. The third kappa shape index (κ3) is 4.75. The van der Waals surface area contributed by atoms with E-state index in [1.807, 2.05) is 6.07 Å². The van der Waals surface area contributed by atoms with Gasteiger partial charge in [-0.2, -0.15) is 0 Å². The maximum absolute atomic E-state index is 5.33. The van der Waals surface area contributed by atoms with Crippen molar-refractivity contribution in [2.75, 3.05) is 14.2 Å². The van der Waals surface area contributed by atoms with Crippen LogP contribution >= 0.6 is 0 Å². The first-order valence-corrected chi connectivity index (χ1v) is 6.94. The molecule has 0 aliphatic carbocycles. The van der Waals surface area contributed by atoms with Gasteiger partial charge < -0.3 is 14.8 Å². The molecule has 0 aliphatic heterocycles. The first kappa shape index (κ1) is 15.8. The molecule has 0 spiro atoms. The minimum absolute atomic E-state index is 0.440. The van der Waals surface area contributed by atoms with E-state index in [1.54, 1.807) is 14.2 Å². The van der Waals surface area contributed by atoms with Crippen LogP contribution in [0.1, 0.15) is 33.3 Å². The van der Waals surface area contributed by atoms with Gasteiger partial charge in [0.15, 0.2) is 11.5 Å². The summed E-state index contributed by atoms with van der Waals surface area (Å²) in [5.74, 6) is 2.22. The van der Waals surface area contributed by atoms with Crippen molar-refractivity contribution in [3.05, 3.63) is 23.8 Å². The summed E-state index contributed by atoms with van der Waals surface area (Å²) in [7, 11) is 3.33. The summed E-state index contributed by atoms with van der Waals surface area (Å²) in [6, 6.07) is 7.08. The molecule has 19 heavy (non-hydrogen) atoms. The van der Waals surface area contributed by atoms with Gasteiger partial charge in [0.05, 0.1) is 14.2 Å². The third-order valence-corrected chi connectivity index (χ3v) is 3.54. The highest BCUT2D eigenvalue weighted by Crippen LogP contribution is 2.28. The first-order chi connectivity index (χ1) is 8.97. The summed E-state index contributed by atoms with van der Waals surface area (Å²) in [6.45, 7) is 8.92. The van der Waals surface area contributed by atoms with E-state index < -0.39 is 0 Å². The zero-order chi connectivity index (χ0) is 14.4. The Hall–Kier alpha value is -1.22. The number of rotatable bonds is 7. The van der Waals surface area contributed by atoms with Crippen molar-refractivity contribution in [1.29, 1.82) is 0 Å². The Bertz CT molecular complexity index is 390. The van der Waals surface area contributed by atoms with E-state index in [0.717, 1.165) is 17.9 Å². The molecule has 0 saturated carbocycles. The van der Waals surface area contributed by atoms with E-state index in [1.165, 1.54) is 5.56 Å². The van der Waals surface area contributed by atoms with Gasteiger partial charge in [-0.15, -0.1) is 0 Å². The Kier molecular flexibility index (Phi) is 6.16. The van der Waals surface area contributed by atoms with Crippen LogP contribution in [0, 0.1) is 5.92 Å². The molecule has 0 bridgehead atoms. The predicted molar refractivity (Wildman–Crippen MR) is 80.1 cm³/mol. The zero-order valence-electron chi connectivity index (χ0n) is 13.0. The molecule has 1 N–H and O–H groups in total. The minimum Gasteiger partial charge on any atom is -0.493 e. The van der Waals surface area contributed by atoms with Gasteiger partial charge in [0.1, 0.15) is 0 Å². The Morgan fingerprint density at radius 1 is 1.00 bits per heavy atom. The SMILES string of the molecule is COc1ccc(CC(C)NC(C)C(C)C)cc1OC. The number of hydrogen-bond donors (Lipinski definition) is 1. The van der Waals surface area contributed by atoms with Crippen molar-refractivity contribution in [3.63, 3.8) is 0 Å². The molecule has 2 atom stereocenters. The van der Waals surface area contributed by atoms with Gasteiger partial charge in [-0.25, -0.2) is 0 Å². The van der Waals surface area contributed by atoms with E-state index in [0.29, 0.717) is 18.0 Å². The van der Waals surface area contributed by atoms with Crippen LogP contribution in [0.3, 0.4) is 0 Å². The van der Waals surface area contributed by atoms with Crippen LogP contribution in [0.25, 0.3) is 0 Å². The molecule has 0 fully saturated rings. The van der Waals surface area contributed by atoms with Crippen molar-refractivity contribution in [3.8, 4) is 11.5 Å². The van der Waals surface area contributed by atoms with Crippen LogP contribution in [0.15, 0.2) is 18.2 Å². The Labute approximate surface area is 117 Å². The van der Waals surface area contributed by atoms with Crippen molar-refractivity contribution >= 4 is 0 Å².